The molecule has 21 heavy (non-hydrogen) atoms. The standard InChI is InChI=1S/C15H17N5S/c1-19(9-5-10-20-11-8-16-12-20)15-17-14(18-21-15)13-6-3-2-4-7-13/h2-4,6-8,11-12H,5,9-10H2,1H3. The van der Waals surface area contributed by atoms with Gasteiger partial charge >= 0.3 is 0 Å². The fourth-order valence-corrected chi connectivity index (χ4v) is 2.75. The number of aryl methyl sites for hydroxylation is 1. The molecule has 0 saturated heterocycles. The van der Waals surface area contributed by atoms with E-state index >= 15 is 0 Å². The molecule has 2 heterocycles. The molecule has 3 rings (SSSR count). The first-order valence-corrected chi connectivity index (χ1v) is 7.66. The SMILES string of the molecule is CN(CCCn1ccnc1)c1nc(-c2ccccc2)ns1. The van der Waals surface area contributed by atoms with Crippen molar-refractivity contribution < 1.29 is 0 Å². The van der Waals surface area contributed by atoms with Crippen LogP contribution in [-0.4, -0.2) is 32.5 Å². The van der Waals surface area contributed by atoms with E-state index in [-0.39, 0.29) is 0 Å². The van der Waals surface area contributed by atoms with Gasteiger partial charge in [0.05, 0.1) is 6.33 Å². The summed E-state index contributed by atoms with van der Waals surface area (Å²) in [6, 6.07) is 10.1. The smallest absolute Gasteiger partial charge is 0.205 e. The lowest BCUT2D eigenvalue weighted by Gasteiger charge is -2.14. The third-order valence-corrected chi connectivity index (χ3v) is 4.07. The van der Waals surface area contributed by atoms with Crippen molar-refractivity contribution in [3.8, 4) is 11.4 Å². The molecule has 0 bridgehead atoms. The summed E-state index contributed by atoms with van der Waals surface area (Å²) in [4.78, 5) is 10.8. The molecule has 0 aliphatic heterocycles. The minimum Gasteiger partial charge on any atom is -0.350 e. The van der Waals surface area contributed by atoms with Crippen molar-refractivity contribution in [2.24, 2.45) is 0 Å². The number of anilines is 1. The van der Waals surface area contributed by atoms with Crippen LogP contribution in [-0.2, 0) is 6.54 Å². The molecular weight excluding hydrogens is 282 g/mol. The zero-order valence-electron chi connectivity index (χ0n) is 11.9. The van der Waals surface area contributed by atoms with E-state index in [4.69, 9.17) is 0 Å². The number of imidazole rings is 1. The van der Waals surface area contributed by atoms with E-state index < -0.39 is 0 Å². The summed E-state index contributed by atoms with van der Waals surface area (Å²) in [7, 11) is 2.06. The van der Waals surface area contributed by atoms with Gasteiger partial charge in [0.15, 0.2) is 5.82 Å². The van der Waals surface area contributed by atoms with Crippen LogP contribution in [0.2, 0.25) is 0 Å². The Morgan fingerprint density at radius 1 is 1.24 bits per heavy atom. The molecular formula is C15H17N5S. The monoisotopic (exact) mass is 299 g/mol. The molecule has 1 aromatic carbocycles. The molecule has 0 spiro atoms. The van der Waals surface area contributed by atoms with Crippen molar-refractivity contribution >= 4 is 16.7 Å². The Morgan fingerprint density at radius 2 is 2.10 bits per heavy atom. The lowest BCUT2D eigenvalue weighted by Crippen LogP contribution is -2.19. The summed E-state index contributed by atoms with van der Waals surface area (Å²) >= 11 is 1.45. The summed E-state index contributed by atoms with van der Waals surface area (Å²) in [5.74, 6) is 0.803. The zero-order chi connectivity index (χ0) is 14.5. The lowest BCUT2D eigenvalue weighted by atomic mass is 10.2. The second-order valence-corrected chi connectivity index (χ2v) is 5.57. The molecule has 0 radical (unpaired) electrons. The number of benzene rings is 1. The van der Waals surface area contributed by atoms with E-state index in [1.165, 1.54) is 11.5 Å². The Balaban J connectivity index is 1.58. The Morgan fingerprint density at radius 3 is 2.86 bits per heavy atom. The second-order valence-electron chi connectivity index (χ2n) is 4.84. The molecule has 6 heteroatoms. The van der Waals surface area contributed by atoms with Crippen LogP contribution in [0.5, 0.6) is 0 Å². The maximum absolute atomic E-state index is 4.61. The fourth-order valence-electron chi connectivity index (χ4n) is 2.08. The Kier molecular flexibility index (Phi) is 4.25. The van der Waals surface area contributed by atoms with Gasteiger partial charge in [-0.2, -0.15) is 9.36 Å². The van der Waals surface area contributed by atoms with Crippen LogP contribution < -0.4 is 4.90 Å². The van der Waals surface area contributed by atoms with E-state index in [9.17, 15) is 0 Å². The van der Waals surface area contributed by atoms with E-state index in [2.05, 4.69) is 30.9 Å². The highest BCUT2D eigenvalue weighted by Gasteiger charge is 2.09. The van der Waals surface area contributed by atoms with Gasteiger partial charge < -0.3 is 9.47 Å². The van der Waals surface area contributed by atoms with Crippen molar-refractivity contribution in [1.29, 1.82) is 0 Å². The molecule has 0 unspecified atom stereocenters. The number of nitrogens with zero attached hydrogens (tertiary/aromatic N) is 5. The van der Waals surface area contributed by atoms with Crippen LogP contribution >= 0.6 is 11.5 Å². The van der Waals surface area contributed by atoms with Crippen molar-refractivity contribution in [2.75, 3.05) is 18.5 Å². The first-order chi connectivity index (χ1) is 10.3. The maximum atomic E-state index is 4.61. The Hall–Kier alpha value is -2.21. The van der Waals surface area contributed by atoms with E-state index in [0.29, 0.717) is 0 Å². The number of rotatable bonds is 6. The molecule has 0 atom stereocenters. The minimum absolute atomic E-state index is 0.803. The fraction of sp³-hybridized carbons (Fsp3) is 0.267. The third kappa shape index (κ3) is 3.46. The molecule has 0 aliphatic rings. The molecule has 0 N–H and O–H groups in total. The van der Waals surface area contributed by atoms with Gasteiger partial charge in [0.25, 0.3) is 0 Å². The van der Waals surface area contributed by atoms with Gasteiger partial charge in [-0.25, -0.2) is 4.98 Å². The molecule has 5 nitrogen and oxygen atoms in total. The number of hydrogen-bond acceptors (Lipinski definition) is 5. The summed E-state index contributed by atoms with van der Waals surface area (Å²) in [6.45, 7) is 1.91. The van der Waals surface area contributed by atoms with Crippen LogP contribution in [0.15, 0.2) is 49.1 Å². The summed E-state index contributed by atoms with van der Waals surface area (Å²) in [5, 5.41) is 0.958. The van der Waals surface area contributed by atoms with Crippen LogP contribution in [0.1, 0.15) is 6.42 Å². The van der Waals surface area contributed by atoms with E-state index in [1.54, 1.807) is 6.20 Å². The van der Waals surface area contributed by atoms with Gasteiger partial charge in [-0.15, -0.1) is 0 Å². The quantitative estimate of drug-likeness (QED) is 0.702. The van der Waals surface area contributed by atoms with Gasteiger partial charge in [-0.05, 0) is 6.42 Å². The summed E-state index contributed by atoms with van der Waals surface area (Å²) in [6.07, 6.45) is 6.69. The normalized spacial score (nSPS) is 10.7. The third-order valence-electron chi connectivity index (χ3n) is 3.24. The zero-order valence-corrected chi connectivity index (χ0v) is 12.7. The largest absolute Gasteiger partial charge is 0.350 e. The van der Waals surface area contributed by atoms with Crippen molar-refractivity contribution in [3.63, 3.8) is 0 Å². The van der Waals surface area contributed by atoms with Crippen molar-refractivity contribution in [1.82, 2.24) is 18.9 Å². The van der Waals surface area contributed by atoms with Crippen molar-refractivity contribution in [2.45, 2.75) is 13.0 Å². The van der Waals surface area contributed by atoms with Crippen molar-refractivity contribution in [3.05, 3.63) is 49.1 Å². The molecule has 3 aromatic rings. The van der Waals surface area contributed by atoms with Crippen LogP contribution in [0.3, 0.4) is 0 Å². The molecule has 0 aliphatic carbocycles. The average molecular weight is 299 g/mol. The molecule has 0 saturated carbocycles. The average Bonchev–Trinajstić information content (AvgIpc) is 3.20. The van der Waals surface area contributed by atoms with Crippen LogP contribution in [0.25, 0.3) is 11.4 Å². The number of aromatic nitrogens is 4. The number of hydrogen-bond donors (Lipinski definition) is 0. The predicted molar refractivity (Wildman–Crippen MR) is 85.5 cm³/mol. The summed E-state index contributed by atoms with van der Waals surface area (Å²) < 4.78 is 6.53. The predicted octanol–water partition coefficient (Wildman–Crippen LogP) is 2.93. The summed E-state index contributed by atoms with van der Waals surface area (Å²) in [5.41, 5.74) is 1.06. The lowest BCUT2D eigenvalue weighted by molar-refractivity contribution is 0.637. The Labute approximate surface area is 128 Å². The molecule has 0 fully saturated rings. The van der Waals surface area contributed by atoms with Gasteiger partial charge in [-0.3, -0.25) is 0 Å². The van der Waals surface area contributed by atoms with Crippen LogP contribution in [0, 0.1) is 0 Å². The van der Waals surface area contributed by atoms with E-state index in [0.717, 1.165) is 36.0 Å². The van der Waals surface area contributed by atoms with Gasteiger partial charge in [0.2, 0.25) is 5.13 Å². The van der Waals surface area contributed by atoms with Crippen LogP contribution in [0.4, 0.5) is 5.13 Å². The molecule has 108 valence electrons. The maximum Gasteiger partial charge on any atom is 0.205 e. The first kappa shape index (κ1) is 13.8. The van der Waals surface area contributed by atoms with Gasteiger partial charge in [0, 0.05) is 49.6 Å². The topological polar surface area (TPSA) is 46.8 Å². The molecule has 2 aromatic heterocycles. The highest BCUT2D eigenvalue weighted by molar-refractivity contribution is 7.09. The minimum atomic E-state index is 0.803. The highest BCUT2D eigenvalue weighted by Crippen LogP contribution is 2.22. The Bertz CT molecular complexity index is 662. The van der Waals surface area contributed by atoms with E-state index in [1.807, 2.05) is 42.9 Å². The highest BCUT2D eigenvalue weighted by atomic mass is 32.1. The van der Waals surface area contributed by atoms with Gasteiger partial charge in [-0.1, -0.05) is 30.3 Å². The van der Waals surface area contributed by atoms with Gasteiger partial charge in [0.1, 0.15) is 0 Å². The second kappa shape index (κ2) is 6.49. The molecule has 0 amide bonds. The first-order valence-electron chi connectivity index (χ1n) is 6.89.